The first-order valence-corrected chi connectivity index (χ1v) is 10.1. The molecule has 0 fully saturated rings. The van der Waals surface area contributed by atoms with Gasteiger partial charge in [0.25, 0.3) is 17.5 Å². The van der Waals surface area contributed by atoms with E-state index in [-0.39, 0.29) is 28.9 Å². The summed E-state index contributed by atoms with van der Waals surface area (Å²) in [6.07, 6.45) is 1.98. The molecular formula is C23H18N4O6. The predicted octanol–water partition coefficient (Wildman–Crippen LogP) is 1.95. The first kappa shape index (κ1) is 20.6. The van der Waals surface area contributed by atoms with Crippen molar-refractivity contribution in [2.45, 2.75) is 12.6 Å². The Morgan fingerprint density at radius 1 is 1.00 bits per heavy atom. The normalized spacial score (nSPS) is 15.0. The zero-order chi connectivity index (χ0) is 23.3. The van der Waals surface area contributed by atoms with Crippen molar-refractivity contribution in [3.8, 4) is 0 Å². The largest absolute Gasteiger partial charge is 0.394 e. The van der Waals surface area contributed by atoms with E-state index in [2.05, 4.69) is 10.3 Å². The molecule has 2 amide bonds. The summed E-state index contributed by atoms with van der Waals surface area (Å²) in [4.78, 5) is 40.0. The van der Waals surface area contributed by atoms with Gasteiger partial charge in [0, 0.05) is 45.9 Å². The fourth-order valence-electron chi connectivity index (χ4n) is 4.36. The lowest BCUT2D eigenvalue weighted by atomic mass is 9.95. The van der Waals surface area contributed by atoms with Gasteiger partial charge in [0.1, 0.15) is 5.52 Å². The highest BCUT2D eigenvalue weighted by atomic mass is 16.6. The number of rotatable bonds is 6. The van der Waals surface area contributed by atoms with Crippen LogP contribution in [0.4, 0.5) is 5.69 Å². The van der Waals surface area contributed by atoms with Gasteiger partial charge in [-0.15, -0.1) is 0 Å². The van der Waals surface area contributed by atoms with Crippen LogP contribution in [0.1, 0.15) is 11.1 Å². The number of imide groups is 1. The predicted molar refractivity (Wildman–Crippen MR) is 120 cm³/mol. The molecule has 2 aromatic heterocycles. The summed E-state index contributed by atoms with van der Waals surface area (Å²) in [5.74, 6) is -1.19. The molecule has 4 N–H and O–H groups in total. The van der Waals surface area contributed by atoms with E-state index in [1.54, 1.807) is 12.3 Å². The molecule has 1 aliphatic rings. The Morgan fingerprint density at radius 2 is 1.70 bits per heavy atom. The summed E-state index contributed by atoms with van der Waals surface area (Å²) in [6.45, 7) is -0.680. The number of aromatic nitrogens is 2. The number of nitro groups is 1. The number of para-hydroxylation sites is 2. The lowest BCUT2D eigenvalue weighted by Gasteiger charge is -2.09. The van der Waals surface area contributed by atoms with Crippen molar-refractivity contribution in [2.24, 2.45) is 0 Å². The number of benzene rings is 2. The maximum Gasteiger partial charge on any atom is 0.293 e. The number of hydrogen-bond acceptors (Lipinski definition) is 6. The summed E-state index contributed by atoms with van der Waals surface area (Å²) in [5.41, 5.74) is 1.85. The fraction of sp³-hybridized carbons (Fsp3) is 0.130. The van der Waals surface area contributed by atoms with Crippen LogP contribution in [0, 0.1) is 10.1 Å². The van der Waals surface area contributed by atoms with Gasteiger partial charge in [0.05, 0.1) is 35.3 Å². The molecule has 0 saturated heterocycles. The molecule has 10 nitrogen and oxygen atoms in total. The lowest BCUT2D eigenvalue weighted by molar-refractivity contribution is -0.383. The van der Waals surface area contributed by atoms with E-state index in [4.69, 9.17) is 0 Å². The second kappa shape index (κ2) is 7.69. The van der Waals surface area contributed by atoms with Crippen LogP contribution in [0.25, 0.3) is 33.0 Å². The van der Waals surface area contributed by atoms with Crippen LogP contribution in [0.2, 0.25) is 0 Å². The summed E-state index contributed by atoms with van der Waals surface area (Å²) in [5, 5.41) is 34.5. The third-order valence-electron chi connectivity index (χ3n) is 5.75. The number of nitrogens with one attached hydrogen (secondary N) is 2. The molecule has 10 heteroatoms. The number of nitrogens with zero attached hydrogens (tertiary/aromatic N) is 2. The smallest absolute Gasteiger partial charge is 0.293 e. The van der Waals surface area contributed by atoms with Crippen LogP contribution >= 0.6 is 0 Å². The van der Waals surface area contributed by atoms with Crippen LogP contribution in [0.15, 0.2) is 54.9 Å². The average Bonchev–Trinajstić information content (AvgIpc) is 3.46. The van der Waals surface area contributed by atoms with Crippen molar-refractivity contribution in [2.75, 3.05) is 6.61 Å². The first-order valence-electron chi connectivity index (χ1n) is 10.1. The fourth-order valence-corrected chi connectivity index (χ4v) is 4.36. The Labute approximate surface area is 185 Å². The maximum atomic E-state index is 12.9. The van der Waals surface area contributed by atoms with E-state index in [1.165, 1.54) is 22.9 Å². The van der Waals surface area contributed by atoms with Crippen LogP contribution in [-0.2, 0) is 16.1 Å². The number of aliphatic hydroxyl groups is 2. The van der Waals surface area contributed by atoms with Crippen molar-refractivity contribution in [1.29, 1.82) is 0 Å². The van der Waals surface area contributed by atoms with Gasteiger partial charge in [-0.25, -0.2) is 0 Å². The van der Waals surface area contributed by atoms with Crippen molar-refractivity contribution in [1.82, 2.24) is 14.9 Å². The third kappa shape index (κ3) is 3.20. The van der Waals surface area contributed by atoms with Gasteiger partial charge in [0.2, 0.25) is 0 Å². The monoisotopic (exact) mass is 446 g/mol. The first-order chi connectivity index (χ1) is 15.9. The SMILES string of the molecule is O=C1NC(=O)C(c2cn(CC(O)CO)c3c([N+](=O)[O-])cccc23)=C1c1c[nH]c2ccccc12. The van der Waals surface area contributed by atoms with Gasteiger partial charge < -0.3 is 19.8 Å². The molecule has 0 bridgehead atoms. The summed E-state index contributed by atoms with van der Waals surface area (Å²) in [6, 6.07) is 11.8. The minimum atomic E-state index is -1.17. The number of fused-ring (bicyclic) bond motifs is 2. The number of amides is 2. The van der Waals surface area contributed by atoms with Crippen molar-refractivity contribution in [3.63, 3.8) is 0 Å². The van der Waals surface area contributed by atoms with Crippen molar-refractivity contribution < 1.29 is 24.7 Å². The van der Waals surface area contributed by atoms with E-state index in [0.717, 1.165) is 10.9 Å². The Morgan fingerprint density at radius 3 is 2.42 bits per heavy atom. The highest BCUT2D eigenvalue weighted by molar-refractivity contribution is 6.50. The van der Waals surface area contributed by atoms with Crippen LogP contribution in [0.5, 0.6) is 0 Å². The van der Waals surface area contributed by atoms with Gasteiger partial charge in [-0.05, 0) is 6.07 Å². The summed E-state index contributed by atoms with van der Waals surface area (Å²) >= 11 is 0. The van der Waals surface area contributed by atoms with E-state index in [0.29, 0.717) is 16.5 Å². The van der Waals surface area contributed by atoms with E-state index in [9.17, 15) is 29.9 Å². The van der Waals surface area contributed by atoms with Crippen LogP contribution < -0.4 is 5.32 Å². The number of aromatic amines is 1. The summed E-state index contributed by atoms with van der Waals surface area (Å²) in [7, 11) is 0. The number of hydrogen-bond donors (Lipinski definition) is 4. The van der Waals surface area contributed by atoms with E-state index < -0.39 is 29.4 Å². The third-order valence-corrected chi connectivity index (χ3v) is 5.75. The lowest BCUT2D eigenvalue weighted by Crippen LogP contribution is -2.22. The zero-order valence-electron chi connectivity index (χ0n) is 17.1. The molecule has 0 radical (unpaired) electrons. The van der Waals surface area contributed by atoms with Crippen LogP contribution in [-0.4, -0.2) is 49.2 Å². The molecule has 1 aliphatic heterocycles. The van der Waals surface area contributed by atoms with Crippen molar-refractivity contribution >= 4 is 50.5 Å². The number of carbonyl (C=O) groups is 2. The van der Waals surface area contributed by atoms with Crippen molar-refractivity contribution in [3.05, 3.63) is 76.1 Å². The minimum absolute atomic E-state index is 0.0903. The molecular weight excluding hydrogens is 428 g/mol. The molecule has 0 spiro atoms. The Bertz CT molecular complexity index is 1500. The molecule has 2 aromatic carbocycles. The topological polar surface area (TPSA) is 150 Å². The molecule has 5 rings (SSSR count). The average molecular weight is 446 g/mol. The maximum absolute atomic E-state index is 12.9. The molecule has 1 unspecified atom stereocenters. The second-order valence-electron chi connectivity index (χ2n) is 7.74. The highest BCUT2D eigenvalue weighted by Crippen LogP contribution is 2.40. The van der Waals surface area contributed by atoms with Gasteiger partial charge >= 0.3 is 0 Å². The van der Waals surface area contributed by atoms with Gasteiger partial charge in [0.15, 0.2) is 0 Å². The number of nitro benzene ring substituents is 1. The molecule has 166 valence electrons. The number of carbonyl (C=O) groups excluding carboxylic acids is 2. The Hall–Kier alpha value is -4.28. The molecule has 33 heavy (non-hydrogen) atoms. The Kier molecular flexibility index (Phi) is 4.81. The molecule has 0 aliphatic carbocycles. The molecule has 4 aromatic rings. The summed E-state index contributed by atoms with van der Waals surface area (Å²) < 4.78 is 1.43. The minimum Gasteiger partial charge on any atom is -0.394 e. The van der Waals surface area contributed by atoms with Crippen LogP contribution in [0.3, 0.4) is 0 Å². The van der Waals surface area contributed by atoms with Gasteiger partial charge in [-0.1, -0.05) is 30.3 Å². The van der Waals surface area contributed by atoms with Gasteiger partial charge in [-0.2, -0.15) is 0 Å². The Balaban J connectivity index is 1.83. The van der Waals surface area contributed by atoms with E-state index >= 15 is 0 Å². The van der Waals surface area contributed by atoms with Gasteiger partial charge in [-0.3, -0.25) is 25.0 Å². The zero-order valence-corrected chi connectivity index (χ0v) is 17.1. The highest BCUT2D eigenvalue weighted by Gasteiger charge is 2.36. The standard InChI is InChI=1S/C23H18N4O6/c28-11-12(29)9-26-10-16(14-5-3-7-18(21(14)26)27(32)33)20-19(22(30)25-23(20)31)15-8-24-17-6-2-1-4-13(15)17/h1-8,10,12,24,28-29H,9,11H2,(H,25,30,31). The molecule has 0 saturated carbocycles. The quantitative estimate of drug-likeness (QED) is 0.202. The molecule has 1 atom stereocenters. The number of aliphatic hydroxyl groups excluding tert-OH is 2. The van der Waals surface area contributed by atoms with E-state index in [1.807, 2.05) is 24.3 Å². The molecule has 3 heterocycles. The number of H-pyrrole nitrogens is 1. The second-order valence-corrected chi connectivity index (χ2v) is 7.74. The number of non-ortho nitro benzene ring substituents is 1.